The summed E-state index contributed by atoms with van der Waals surface area (Å²) < 4.78 is 42.2. The number of nitrogens with zero attached hydrogens (tertiary/aromatic N) is 2. The number of rotatable bonds is 5. The highest BCUT2D eigenvalue weighted by atomic mass is 35.5. The van der Waals surface area contributed by atoms with Crippen LogP contribution in [0, 0.1) is 0 Å². The maximum atomic E-state index is 12.7. The summed E-state index contributed by atoms with van der Waals surface area (Å²) in [5.41, 5.74) is 3.17. The fourth-order valence-corrected chi connectivity index (χ4v) is 3.29. The normalized spacial score (nSPS) is 11.6. The average Bonchev–Trinajstić information content (AvgIpc) is 2.59. The lowest BCUT2D eigenvalue weighted by Crippen LogP contribution is -2.27. The van der Waals surface area contributed by atoms with Crippen molar-refractivity contribution in [3.8, 4) is 5.75 Å². The van der Waals surface area contributed by atoms with Crippen molar-refractivity contribution in [3.05, 3.63) is 58.1 Å². The van der Waals surface area contributed by atoms with Crippen LogP contribution < -0.4 is 15.7 Å². The van der Waals surface area contributed by atoms with Crippen LogP contribution in [0.3, 0.4) is 0 Å². The van der Waals surface area contributed by atoms with Crippen LogP contribution >= 0.6 is 23.4 Å². The molecule has 0 amide bonds. The van der Waals surface area contributed by atoms with Crippen LogP contribution in [0.25, 0.3) is 10.9 Å². The van der Waals surface area contributed by atoms with Gasteiger partial charge in [-0.3, -0.25) is 10.2 Å². The molecule has 27 heavy (non-hydrogen) atoms. The van der Waals surface area contributed by atoms with Gasteiger partial charge in [0.15, 0.2) is 0 Å². The minimum Gasteiger partial charge on any atom is -0.406 e. The van der Waals surface area contributed by atoms with Crippen molar-refractivity contribution in [1.82, 2.24) is 9.66 Å². The third-order valence-electron chi connectivity index (χ3n) is 3.45. The van der Waals surface area contributed by atoms with Crippen LogP contribution in [-0.2, 0) is 0 Å². The number of halogens is 4. The van der Waals surface area contributed by atoms with Crippen LogP contribution in [0.15, 0.2) is 52.4 Å². The van der Waals surface area contributed by atoms with E-state index in [0.29, 0.717) is 10.7 Å². The number of benzene rings is 2. The third-order valence-corrected chi connectivity index (χ3v) is 4.64. The summed E-state index contributed by atoms with van der Waals surface area (Å²) in [5.74, 6) is 0.316. The molecule has 1 N–H and O–H groups in total. The second kappa shape index (κ2) is 7.69. The van der Waals surface area contributed by atoms with Crippen molar-refractivity contribution >= 4 is 40.0 Å². The summed E-state index contributed by atoms with van der Waals surface area (Å²) in [4.78, 5) is 17.7. The molecule has 0 saturated carbocycles. The zero-order valence-corrected chi connectivity index (χ0v) is 15.5. The van der Waals surface area contributed by atoms with Crippen molar-refractivity contribution < 1.29 is 17.9 Å². The Morgan fingerprint density at radius 1 is 1.26 bits per heavy atom. The number of alkyl halides is 3. The highest BCUT2D eigenvalue weighted by Gasteiger charge is 2.31. The van der Waals surface area contributed by atoms with Crippen molar-refractivity contribution in [2.24, 2.45) is 0 Å². The van der Waals surface area contributed by atoms with Gasteiger partial charge in [0, 0.05) is 9.92 Å². The maximum absolute atomic E-state index is 12.7. The van der Waals surface area contributed by atoms with E-state index in [1.165, 1.54) is 12.4 Å². The minimum absolute atomic E-state index is 0.0153. The van der Waals surface area contributed by atoms with E-state index in [0.717, 1.165) is 27.5 Å². The topological polar surface area (TPSA) is 56.1 Å². The van der Waals surface area contributed by atoms with Gasteiger partial charge in [-0.25, -0.2) is 9.66 Å². The van der Waals surface area contributed by atoms with Crippen molar-refractivity contribution in [3.63, 3.8) is 0 Å². The molecule has 0 spiro atoms. The molecule has 0 aliphatic heterocycles. The molecule has 0 bridgehead atoms. The quantitative estimate of drug-likeness (QED) is 0.598. The van der Waals surface area contributed by atoms with Crippen LogP contribution in [-0.4, -0.2) is 21.8 Å². The Morgan fingerprint density at radius 2 is 2.04 bits per heavy atom. The number of fused-ring (bicyclic) bond motifs is 1. The van der Waals surface area contributed by atoms with Crippen molar-refractivity contribution in [1.29, 1.82) is 0 Å². The Morgan fingerprint density at radius 3 is 2.74 bits per heavy atom. The number of ether oxygens (including phenoxy) is 1. The molecule has 0 aliphatic carbocycles. The Kier molecular flexibility index (Phi) is 5.52. The predicted octanol–water partition coefficient (Wildman–Crippen LogP) is 4.94. The summed E-state index contributed by atoms with van der Waals surface area (Å²) in [6.07, 6.45) is -3.59. The lowest BCUT2D eigenvalue weighted by molar-refractivity contribution is -0.274. The number of hydrogen-bond acceptors (Lipinski definition) is 5. The van der Waals surface area contributed by atoms with Gasteiger partial charge in [0.25, 0.3) is 5.56 Å². The molecular formula is C17H13ClF3N3O2S. The molecule has 10 heteroatoms. The largest absolute Gasteiger partial charge is 0.573 e. The smallest absolute Gasteiger partial charge is 0.406 e. The minimum atomic E-state index is -4.85. The first kappa shape index (κ1) is 19.4. The summed E-state index contributed by atoms with van der Waals surface area (Å²) >= 11 is 7.57. The molecule has 0 atom stereocenters. The molecule has 0 aliphatic rings. The van der Waals surface area contributed by atoms with Crippen molar-refractivity contribution in [2.45, 2.75) is 18.2 Å². The molecule has 142 valence electrons. The lowest BCUT2D eigenvalue weighted by Gasteiger charge is -2.14. The van der Waals surface area contributed by atoms with E-state index in [2.05, 4.69) is 15.1 Å². The van der Waals surface area contributed by atoms with E-state index in [1.807, 2.05) is 13.0 Å². The third kappa shape index (κ3) is 4.67. The van der Waals surface area contributed by atoms with Crippen LogP contribution in [0.1, 0.15) is 6.92 Å². The second-order valence-electron chi connectivity index (χ2n) is 5.33. The molecular weight excluding hydrogens is 403 g/mol. The molecule has 0 fully saturated rings. The highest BCUT2D eigenvalue weighted by Crippen LogP contribution is 2.30. The molecule has 5 nitrogen and oxygen atoms in total. The van der Waals surface area contributed by atoms with E-state index in [4.69, 9.17) is 11.6 Å². The molecule has 3 aromatic rings. The monoisotopic (exact) mass is 415 g/mol. The Labute approximate surface area is 161 Å². The predicted molar refractivity (Wildman–Crippen MR) is 99.6 cm³/mol. The molecule has 0 unspecified atom stereocenters. The molecule has 3 rings (SSSR count). The fraction of sp³-hybridized carbons (Fsp3) is 0.176. The molecule has 1 heterocycles. The summed E-state index contributed by atoms with van der Waals surface area (Å²) in [7, 11) is 0. The first-order valence-corrected chi connectivity index (χ1v) is 9.10. The standard InChI is InChI=1S/C17H13ClF3N3O2S/c1-2-27-15-6-3-10(18)7-14(15)23-24-9-22-13-5-4-11(26-17(19,20)21)8-12(13)16(24)25/h3-9,23H,2H2,1H3. The zero-order chi connectivity index (χ0) is 19.6. The summed E-state index contributed by atoms with van der Waals surface area (Å²) in [6.45, 7) is 1.98. The number of hydrogen-bond donors (Lipinski definition) is 1. The number of anilines is 1. The van der Waals surface area contributed by atoms with Crippen LogP contribution in [0.2, 0.25) is 5.02 Å². The molecule has 0 radical (unpaired) electrons. The molecule has 2 aromatic carbocycles. The van der Waals surface area contributed by atoms with Crippen LogP contribution in [0.4, 0.5) is 18.9 Å². The Balaban J connectivity index is 2.02. The van der Waals surface area contributed by atoms with Gasteiger partial charge in [0.1, 0.15) is 12.1 Å². The Hall–Kier alpha value is -2.39. The van der Waals surface area contributed by atoms with Crippen LogP contribution in [0.5, 0.6) is 5.75 Å². The van der Waals surface area contributed by atoms with Gasteiger partial charge in [0.05, 0.1) is 16.6 Å². The van der Waals surface area contributed by atoms with Gasteiger partial charge in [-0.2, -0.15) is 0 Å². The SMILES string of the molecule is CCSc1ccc(Cl)cc1Nn1cnc2ccc(OC(F)(F)F)cc2c1=O. The first-order valence-electron chi connectivity index (χ1n) is 7.73. The van der Waals surface area contributed by atoms with E-state index >= 15 is 0 Å². The number of aromatic nitrogens is 2. The van der Waals surface area contributed by atoms with E-state index < -0.39 is 17.7 Å². The molecule has 1 aromatic heterocycles. The van der Waals surface area contributed by atoms with Gasteiger partial charge in [-0.05, 0) is 42.2 Å². The van der Waals surface area contributed by atoms with Gasteiger partial charge < -0.3 is 4.74 Å². The summed E-state index contributed by atoms with van der Waals surface area (Å²) in [6, 6.07) is 8.60. The van der Waals surface area contributed by atoms with E-state index in [9.17, 15) is 18.0 Å². The zero-order valence-electron chi connectivity index (χ0n) is 13.9. The fourth-order valence-electron chi connectivity index (χ4n) is 2.38. The van der Waals surface area contributed by atoms with Crippen molar-refractivity contribution in [2.75, 3.05) is 11.2 Å². The van der Waals surface area contributed by atoms with Gasteiger partial charge in [-0.15, -0.1) is 24.9 Å². The number of thioether (sulfide) groups is 1. The second-order valence-corrected chi connectivity index (χ2v) is 7.07. The van der Waals surface area contributed by atoms with E-state index in [1.54, 1.807) is 23.9 Å². The van der Waals surface area contributed by atoms with Gasteiger partial charge in [-0.1, -0.05) is 18.5 Å². The lowest BCUT2D eigenvalue weighted by atomic mass is 10.2. The summed E-state index contributed by atoms with van der Waals surface area (Å²) in [5, 5.41) is 0.457. The number of nitrogens with one attached hydrogen (secondary N) is 1. The highest BCUT2D eigenvalue weighted by molar-refractivity contribution is 7.99. The van der Waals surface area contributed by atoms with E-state index in [-0.39, 0.29) is 10.9 Å². The average molecular weight is 416 g/mol. The first-order chi connectivity index (χ1) is 12.8. The van der Waals surface area contributed by atoms with Gasteiger partial charge >= 0.3 is 6.36 Å². The maximum Gasteiger partial charge on any atom is 0.573 e. The van der Waals surface area contributed by atoms with Gasteiger partial charge in [0.2, 0.25) is 0 Å². The Bertz CT molecular complexity index is 1040. The molecule has 0 saturated heterocycles.